The van der Waals surface area contributed by atoms with E-state index in [9.17, 15) is 4.79 Å². The van der Waals surface area contributed by atoms with E-state index in [-0.39, 0.29) is 11.8 Å². The minimum atomic E-state index is 0.0986. The Morgan fingerprint density at radius 2 is 2.40 bits per heavy atom. The number of rotatable bonds is 4. The van der Waals surface area contributed by atoms with Crippen molar-refractivity contribution in [2.45, 2.75) is 31.7 Å². The summed E-state index contributed by atoms with van der Waals surface area (Å²) in [5, 5.41) is 6.42. The molecule has 0 saturated carbocycles. The lowest BCUT2D eigenvalue weighted by Crippen LogP contribution is -2.34. The number of ether oxygens (including phenoxy) is 1. The lowest BCUT2D eigenvalue weighted by atomic mass is 10.1. The summed E-state index contributed by atoms with van der Waals surface area (Å²) in [5.41, 5.74) is 0. The summed E-state index contributed by atoms with van der Waals surface area (Å²) in [4.78, 5) is 11.6. The van der Waals surface area contributed by atoms with Gasteiger partial charge in [0.05, 0.1) is 12.5 Å². The van der Waals surface area contributed by atoms with Crippen molar-refractivity contribution in [1.29, 1.82) is 0 Å². The van der Waals surface area contributed by atoms with Crippen molar-refractivity contribution in [2.24, 2.45) is 5.92 Å². The van der Waals surface area contributed by atoms with Crippen LogP contribution in [-0.2, 0) is 9.53 Å². The molecule has 86 valence electrons. The molecule has 2 fully saturated rings. The van der Waals surface area contributed by atoms with Gasteiger partial charge < -0.3 is 15.4 Å². The maximum Gasteiger partial charge on any atom is 0.225 e. The average Bonchev–Trinajstić information content (AvgIpc) is 2.90. The largest absolute Gasteiger partial charge is 0.381 e. The zero-order valence-corrected chi connectivity index (χ0v) is 9.13. The molecule has 2 saturated heterocycles. The number of nitrogens with one attached hydrogen (secondary N) is 2. The first-order chi connectivity index (χ1) is 7.36. The summed E-state index contributed by atoms with van der Waals surface area (Å²) >= 11 is 0. The van der Waals surface area contributed by atoms with Gasteiger partial charge in [-0.2, -0.15) is 0 Å². The van der Waals surface area contributed by atoms with Crippen molar-refractivity contribution >= 4 is 5.91 Å². The van der Waals surface area contributed by atoms with Gasteiger partial charge in [-0.3, -0.25) is 4.79 Å². The summed E-state index contributed by atoms with van der Waals surface area (Å²) in [5.74, 6) is 0.270. The zero-order chi connectivity index (χ0) is 10.5. The van der Waals surface area contributed by atoms with Crippen molar-refractivity contribution in [2.75, 3.05) is 26.3 Å². The van der Waals surface area contributed by atoms with Gasteiger partial charge in [-0.1, -0.05) is 0 Å². The summed E-state index contributed by atoms with van der Waals surface area (Å²) in [7, 11) is 0. The lowest BCUT2D eigenvalue weighted by Gasteiger charge is -2.12. The Kier molecular flexibility index (Phi) is 3.97. The van der Waals surface area contributed by atoms with E-state index in [1.165, 1.54) is 12.8 Å². The van der Waals surface area contributed by atoms with E-state index in [0.29, 0.717) is 12.6 Å². The molecular weight excluding hydrogens is 192 g/mol. The van der Waals surface area contributed by atoms with Crippen LogP contribution < -0.4 is 10.6 Å². The Balaban J connectivity index is 1.58. The Labute approximate surface area is 90.8 Å². The Bertz CT molecular complexity index is 209. The first kappa shape index (κ1) is 10.9. The number of hydrogen-bond donors (Lipinski definition) is 2. The van der Waals surface area contributed by atoms with Crippen LogP contribution in [0, 0.1) is 5.92 Å². The quantitative estimate of drug-likeness (QED) is 0.704. The van der Waals surface area contributed by atoms with E-state index in [4.69, 9.17) is 4.74 Å². The van der Waals surface area contributed by atoms with Crippen molar-refractivity contribution in [3.8, 4) is 0 Å². The minimum Gasteiger partial charge on any atom is -0.381 e. The van der Waals surface area contributed by atoms with E-state index in [0.717, 1.165) is 32.5 Å². The van der Waals surface area contributed by atoms with Gasteiger partial charge in [0.25, 0.3) is 0 Å². The van der Waals surface area contributed by atoms with Crippen LogP contribution in [0.3, 0.4) is 0 Å². The normalized spacial score (nSPS) is 30.7. The third-order valence-corrected chi connectivity index (χ3v) is 3.25. The molecule has 0 spiro atoms. The second-order valence-corrected chi connectivity index (χ2v) is 4.43. The van der Waals surface area contributed by atoms with Crippen LogP contribution in [0.5, 0.6) is 0 Å². The number of carbonyl (C=O) groups is 1. The highest BCUT2D eigenvalue weighted by Gasteiger charge is 2.23. The molecule has 0 aliphatic carbocycles. The molecule has 4 heteroatoms. The molecular formula is C11H20N2O2. The Hall–Kier alpha value is -0.610. The Morgan fingerprint density at radius 1 is 1.47 bits per heavy atom. The first-order valence-corrected chi connectivity index (χ1v) is 5.95. The van der Waals surface area contributed by atoms with Crippen molar-refractivity contribution in [3.05, 3.63) is 0 Å². The molecule has 2 N–H and O–H groups in total. The van der Waals surface area contributed by atoms with E-state index >= 15 is 0 Å². The fourth-order valence-electron chi connectivity index (χ4n) is 2.26. The highest BCUT2D eigenvalue weighted by atomic mass is 16.5. The topological polar surface area (TPSA) is 50.4 Å². The molecule has 2 heterocycles. The molecule has 2 aliphatic rings. The van der Waals surface area contributed by atoms with Gasteiger partial charge in [-0.15, -0.1) is 0 Å². The van der Waals surface area contributed by atoms with Gasteiger partial charge in [0.15, 0.2) is 0 Å². The summed E-state index contributed by atoms with van der Waals surface area (Å²) in [6.07, 6.45) is 4.46. The van der Waals surface area contributed by atoms with Crippen molar-refractivity contribution < 1.29 is 9.53 Å². The van der Waals surface area contributed by atoms with Crippen LogP contribution in [0.15, 0.2) is 0 Å². The lowest BCUT2D eigenvalue weighted by molar-refractivity contribution is -0.124. The predicted molar refractivity (Wildman–Crippen MR) is 57.6 cm³/mol. The van der Waals surface area contributed by atoms with E-state index in [2.05, 4.69) is 10.6 Å². The molecule has 1 amide bonds. The predicted octanol–water partition coefficient (Wildman–Crippen LogP) is 0.281. The maximum atomic E-state index is 11.6. The molecule has 15 heavy (non-hydrogen) atoms. The summed E-state index contributed by atoms with van der Waals surface area (Å²) in [6.45, 7) is 3.28. The molecule has 0 aromatic heterocycles. The van der Waals surface area contributed by atoms with Crippen molar-refractivity contribution in [1.82, 2.24) is 10.6 Å². The van der Waals surface area contributed by atoms with Crippen LogP contribution in [0.2, 0.25) is 0 Å². The molecule has 4 nitrogen and oxygen atoms in total. The standard InChI is InChI=1S/C11H20N2O2/c14-11(9-4-7-15-8-9)13-6-3-10-2-1-5-12-10/h9-10,12H,1-8H2,(H,13,14). The van der Waals surface area contributed by atoms with Gasteiger partial charge in [-0.05, 0) is 32.2 Å². The Morgan fingerprint density at radius 3 is 3.07 bits per heavy atom. The second-order valence-electron chi connectivity index (χ2n) is 4.43. The number of amides is 1. The van der Waals surface area contributed by atoms with Crippen LogP contribution >= 0.6 is 0 Å². The molecule has 2 rings (SSSR count). The fourth-order valence-corrected chi connectivity index (χ4v) is 2.26. The maximum absolute atomic E-state index is 11.6. The molecule has 0 aromatic rings. The number of carbonyl (C=O) groups excluding carboxylic acids is 1. The minimum absolute atomic E-state index is 0.0986. The first-order valence-electron chi connectivity index (χ1n) is 5.95. The molecule has 0 aromatic carbocycles. The average molecular weight is 212 g/mol. The molecule has 0 radical (unpaired) electrons. The van der Waals surface area contributed by atoms with E-state index < -0.39 is 0 Å². The third kappa shape index (κ3) is 3.18. The van der Waals surface area contributed by atoms with E-state index in [1.54, 1.807) is 0 Å². The van der Waals surface area contributed by atoms with Crippen LogP contribution in [0.1, 0.15) is 25.7 Å². The van der Waals surface area contributed by atoms with Gasteiger partial charge >= 0.3 is 0 Å². The summed E-state index contributed by atoms with van der Waals surface area (Å²) < 4.78 is 5.18. The summed E-state index contributed by atoms with van der Waals surface area (Å²) in [6, 6.07) is 0.616. The van der Waals surface area contributed by atoms with Gasteiger partial charge in [-0.25, -0.2) is 0 Å². The smallest absolute Gasteiger partial charge is 0.225 e. The SMILES string of the molecule is O=C(NCCC1CCCN1)C1CCOC1. The monoisotopic (exact) mass is 212 g/mol. The highest BCUT2D eigenvalue weighted by Crippen LogP contribution is 2.12. The fraction of sp³-hybridized carbons (Fsp3) is 0.909. The van der Waals surface area contributed by atoms with Crippen LogP contribution in [0.4, 0.5) is 0 Å². The van der Waals surface area contributed by atoms with Gasteiger partial charge in [0.2, 0.25) is 5.91 Å². The van der Waals surface area contributed by atoms with Gasteiger partial charge in [0, 0.05) is 19.2 Å². The highest BCUT2D eigenvalue weighted by molar-refractivity contribution is 5.78. The van der Waals surface area contributed by atoms with Crippen molar-refractivity contribution in [3.63, 3.8) is 0 Å². The van der Waals surface area contributed by atoms with Crippen LogP contribution in [0.25, 0.3) is 0 Å². The molecule has 2 aliphatic heterocycles. The number of hydrogen-bond acceptors (Lipinski definition) is 3. The molecule has 2 atom stereocenters. The second kappa shape index (κ2) is 5.47. The zero-order valence-electron chi connectivity index (χ0n) is 9.13. The molecule has 2 unspecified atom stereocenters. The van der Waals surface area contributed by atoms with Gasteiger partial charge in [0.1, 0.15) is 0 Å². The molecule has 0 bridgehead atoms. The van der Waals surface area contributed by atoms with Crippen LogP contribution in [-0.4, -0.2) is 38.3 Å². The third-order valence-electron chi connectivity index (χ3n) is 3.25. The van der Waals surface area contributed by atoms with E-state index in [1.807, 2.05) is 0 Å².